The molecular formula is C17H19NO4. The summed E-state index contributed by atoms with van der Waals surface area (Å²) in [4.78, 5) is 38.0. The molecule has 2 aliphatic heterocycles. The number of esters is 1. The molecule has 1 fully saturated rings. The molecule has 1 saturated heterocycles. The summed E-state index contributed by atoms with van der Waals surface area (Å²) in [5.74, 6) is -0.535. The highest BCUT2D eigenvalue weighted by molar-refractivity contribution is 6.21. The zero-order valence-corrected chi connectivity index (χ0v) is 12.7. The monoisotopic (exact) mass is 301 g/mol. The molecule has 0 radical (unpaired) electrons. The van der Waals surface area contributed by atoms with Gasteiger partial charge in [0.05, 0.1) is 17.2 Å². The minimum atomic E-state index is -0.392. The van der Waals surface area contributed by atoms with E-state index in [-0.39, 0.29) is 29.7 Å². The lowest BCUT2D eigenvalue weighted by atomic mass is 9.96. The van der Waals surface area contributed by atoms with Crippen LogP contribution in [0.5, 0.6) is 0 Å². The quantitative estimate of drug-likeness (QED) is 0.633. The van der Waals surface area contributed by atoms with Gasteiger partial charge in [-0.15, -0.1) is 0 Å². The zero-order chi connectivity index (χ0) is 15.9. The largest absolute Gasteiger partial charge is 0.460 e. The van der Waals surface area contributed by atoms with Gasteiger partial charge in [-0.3, -0.25) is 19.3 Å². The van der Waals surface area contributed by atoms with Crippen molar-refractivity contribution in [3.8, 4) is 0 Å². The third-order valence-electron chi connectivity index (χ3n) is 4.21. The van der Waals surface area contributed by atoms with Crippen molar-refractivity contribution in [1.82, 2.24) is 4.90 Å². The second kappa shape index (κ2) is 5.55. The van der Waals surface area contributed by atoms with Crippen molar-refractivity contribution in [3.63, 3.8) is 0 Å². The molecular weight excluding hydrogens is 282 g/mol. The first-order valence-electron chi connectivity index (χ1n) is 7.65. The van der Waals surface area contributed by atoms with E-state index in [1.165, 1.54) is 4.90 Å². The standard InChI is InChI=1S/C17H19NO4/c1-10(2)9-13(14-7-8-15(19)22-14)18-16(20)11-5-3-4-6-12(11)17(18)21/h3-6,10,13-14H,7-9H2,1-2H3/t13-,14+/m0/s1. The van der Waals surface area contributed by atoms with Crippen molar-refractivity contribution < 1.29 is 19.1 Å². The number of cyclic esters (lactones) is 1. The van der Waals surface area contributed by atoms with Crippen molar-refractivity contribution >= 4 is 17.8 Å². The highest BCUT2D eigenvalue weighted by atomic mass is 16.6. The van der Waals surface area contributed by atoms with Crippen molar-refractivity contribution in [2.75, 3.05) is 0 Å². The van der Waals surface area contributed by atoms with E-state index in [0.29, 0.717) is 30.4 Å². The first-order chi connectivity index (χ1) is 10.5. The maximum absolute atomic E-state index is 12.6. The first-order valence-corrected chi connectivity index (χ1v) is 7.65. The highest BCUT2D eigenvalue weighted by Gasteiger charge is 2.45. The lowest BCUT2D eigenvalue weighted by Crippen LogP contribution is -2.47. The Kier molecular flexibility index (Phi) is 3.72. The van der Waals surface area contributed by atoms with Crippen LogP contribution in [0.2, 0.25) is 0 Å². The van der Waals surface area contributed by atoms with E-state index < -0.39 is 6.10 Å². The second-order valence-electron chi connectivity index (χ2n) is 6.29. The molecule has 116 valence electrons. The Morgan fingerprint density at radius 3 is 2.18 bits per heavy atom. The summed E-state index contributed by atoms with van der Waals surface area (Å²) < 4.78 is 5.35. The molecule has 0 aromatic heterocycles. The molecule has 0 aliphatic carbocycles. The van der Waals surface area contributed by atoms with Gasteiger partial charge in [0.2, 0.25) is 0 Å². The average Bonchev–Trinajstić information content (AvgIpc) is 3.01. The van der Waals surface area contributed by atoms with E-state index in [1.807, 2.05) is 13.8 Å². The summed E-state index contributed by atoms with van der Waals surface area (Å²) in [6, 6.07) is 6.45. The molecule has 1 aromatic rings. The molecule has 2 atom stereocenters. The number of fused-ring (bicyclic) bond motifs is 1. The molecule has 2 amide bonds. The Bertz CT molecular complexity index is 602. The first kappa shape index (κ1) is 14.8. The van der Waals surface area contributed by atoms with Crippen molar-refractivity contribution in [2.45, 2.75) is 45.3 Å². The summed E-state index contributed by atoms with van der Waals surface area (Å²) in [7, 11) is 0. The molecule has 0 bridgehead atoms. The Balaban J connectivity index is 1.93. The number of carbonyl (C=O) groups excluding carboxylic acids is 3. The third kappa shape index (κ3) is 2.40. The van der Waals surface area contributed by atoms with E-state index in [2.05, 4.69) is 0 Å². The van der Waals surface area contributed by atoms with Crippen molar-refractivity contribution in [3.05, 3.63) is 35.4 Å². The van der Waals surface area contributed by atoms with Gasteiger partial charge in [0.25, 0.3) is 11.8 Å². The molecule has 2 heterocycles. The normalized spacial score (nSPS) is 22.2. The number of benzene rings is 1. The van der Waals surface area contributed by atoms with Gasteiger partial charge in [-0.05, 0) is 30.9 Å². The lowest BCUT2D eigenvalue weighted by Gasteiger charge is -2.31. The number of carbonyl (C=O) groups is 3. The van der Waals surface area contributed by atoms with E-state index >= 15 is 0 Å². The van der Waals surface area contributed by atoms with E-state index in [9.17, 15) is 14.4 Å². The number of hydrogen-bond donors (Lipinski definition) is 0. The minimum absolute atomic E-state index is 0.254. The van der Waals surface area contributed by atoms with E-state index in [1.54, 1.807) is 24.3 Å². The minimum Gasteiger partial charge on any atom is -0.460 e. The molecule has 3 rings (SSSR count). The van der Waals surface area contributed by atoms with Crippen LogP contribution in [0.25, 0.3) is 0 Å². The molecule has 5 nitrogen and oxygen atoms in total. The summed E-state index contributed by atoms with van der Waals surface area (Å²) >= 11 is 0. The Morgan fingerprint density at radius 2 is 1.73 bits per heavy atom. The van der Waals surface area contributed by atoms with Gasteiger partial charge in [-0.2, -0.15) is 0 Å². The fourth-order valence-corrected chi connectivity index (χ4v) is 3.23. The fourth-order valence-electron chi connectivity index (χ4n) is 3.23. The molecule has 0 saturated carbocycles. The summed E-state index contributed by atoms with van der Waals surface area (Å²) in [5, 5.41) is 0. The SMILES string of the molecule is CC(C)C[C@@H]([C@H]1CCC(=O)O1)N1C(=O)c2ccccc2C1=O. The van der Waals surface area contributed by atoms with Gasteiger partial charge in [0, 0.05) is 6.42 Å². The molecule has 0 spiro atoms. The number of hydrogen-bond acceptors (Lipinski definition) is 4. The van der Waals surface area contributed by atoms with Gasteiger partial charge in [-0.25, -0.2) is 0 Å². The topological polar surface area (TPSA) is 63.7 Å². The summed E-state index contributed by atoms with van der Waals surface area (Å²) in [5.41, 5.74) is 0.871. The van der Waals surface area contributed by atoms with Crippen LogP contribution in [0, 0.1) is 5.92 Å². The van der Waals surface area contributed by atoms with Crippen LogP contribution in [0.15, 0.2) is 24.3 Å². The van der Waals surface area contributed by atoms with Crippen LogP contribution in [0.1, 0.15) is 53.8 Å². The van der Waals surface area contributed by atoms with Crippen LogP contribution >= 0.6 is 0 Å². The maximum Gasteiger partial charge on any atom is 0.306 e. The third-order valence-corrected chi connectivity index (χ3v) is 4.21. The highest BCUT2D eigenvalue weighted by Crippen LogP contribution is 2.32. The number of rotatable bonds is 4. The van der Waals surface area contributed by atoms with Crippen LogP contribution in [-0.4, -0.2) is 34.8 Å². The van der Waals surface area contributed by atoms with Gasteiger partial charge in [0.15, 0.2) is 0 Å². The summed E-state index contributed by atoms with van der Waals surface area (Å²) in [6.45, 7) is 4.06. The Hall–Kier alpha value is -2.17. The number of ether oxygens (including phenoxy) is 1. The number of imide groups is 1. The van der Waals surface area contributed by atoms with Crippen LogP contribution in [-0.2, 0) is 9.53 Å². The van der Waals surface area contributed by atoms with Crippen LogP contribution < -0.4 is 0 Å². The number of amides is 2. The fraction of sp³-hybridized carbons (Fsp3) is 0.471. The molecule has 22 heavy (non-hydrogen) atoms. The molecule has 0 N–H and O–H groups in total. The van der Waals surface area contributed by atoms with Gasteiger partial charge in [0.1, 0.15) is 6.10 Å². The van der Waals surface area contributed by atoms with E-state index in [4.69, 9.17) is 4.74 Å². The van der Waals surface area contributed by atoms with E-state index in [0.717, 1.165) is 0 Å². The van der Waals surface area contributed by atoms with Crippen LogP contribution in [0.4, 0.5) is 0 Å². The van der Waals surface area contributed by atoms with Gasteiger partial charge in [-0.1, -0.05) is 26.0 Å². The lowest BCUT2D eigenvalue weighted by molar-refractivity contribution is -0.143. The summed E-state index contributed by atoms with van der Waals surface area (Å²) in [6.07, 6.45) is 1.15. The van der Waals surface area contributed by atoms with Gasteiger partial charge < -0.3 is 4.74 Å². The Morgan fingerprint density at radius 1 is 1.14 bits per heavy atom. The smallest absolute Gasteiger partial charge is 0.306 e. The zero-order valence-electron chi connectivity index (χ0n) is 12.7. The average molecular weight is 301 g/mol. The predicted molar refractivity (Wildman–Crippen MR) is 79.3 cm³/mol. The predicted octanol–water partition coefficient (Wildman–Crippen LogP) is 2.40. The molecule has 1 aromatic carbocycles. The van der Waals surface area contributed by atoms with Crippen molar-refractivity contribution in [1.29, 1.82) is 0 Å². The molecule has 5 heteroatoms. The Labute approximate surface area is 129 Å². The number of nitrogens with zero attached hydrogens (tertiary/aromatic N) is 1. The molecule has 0 unspecified atom stereocenters. The van der Waals surface area contributed by atoms with Crippen molar-refractivity contribution in [2.24, 2.45) is 5.92 Å². The molecule has 2 aliphatic rings. The second-order valence-corrected chi connectivity index (χ2v) is 6.29. The maximum atomic E-state index is 12.6. The van der Waals surface area contributed by atoms with Gasteiger partial charge >= 0.3 is 5.97 Å². The van der Waals surface area contributed by atoms with Crippen LogP contribution in [0.3, 0.4) is 0 Å².